The number of anilines is 3. The highest BCUT2D eigenvalue weighted by molar-refractivity contribution is 6.07. The maximum absolute atomic E-state index is 13.1. The summed E-state index contributed by atoms with van der Waals surface area (Å²) in [4.78, 5) is 29.6. The number of para-hydroxylation sites is 2. The lowest BCUT2D eigenvalue weighted by Crippen LogP contribution is -2.29. The molecule has 0 radical (unpaired) electrons. The number of hydrogen-bond donors (Lipinski definition) is 1. The second-order valence-corrected chi connectivity index (χ2v) is 8.28. The van der Waals surface area contributed by atoms with Crippen molar-refractivity contribution in [3.8, 4) is 0 Å². The van der Waals surface area contributed by atoms with Crippen molar-refractivity contribution in [1.82, 2.24) is 0 Å². The molecule has 0 aromatic heterocycles. The molecule has 1 aliphatic heterocycles. The van der Waals surface area contributed by atoms with Gasteiger partial charge in [-0.15, -0.1) is 0 Å². The van der Waals surface area contributed by atoms with Gasteiger partial charge < -0.3 is 15.1 Å². The van der Waals surface area contributed by atoms with Gasteiger partial charge in [0.2, 0.25) is 5.91 Å². The maximum atomic E-state index is 13.1. The van der Waals surface area contributed by atoms with Crippen LogP contribution in [-0.2, 0) is 11.2 Å². The van der Waals surface area contributed by atoms with Crippen LogP contribution in [0.5, 0.6) is 0 Å². The van der Waals surface area contributed by atoms with Crippen molar-refractivity contribution in [2.24, 2.45) is 0 Å². The van der Waals surface area contributed by atoms with Gasteiger partial charge in [-0.05, 0) is 67.3 Å². The van der Waals surface area contributed by atoms with E-state index in [1.165, 1.54) is 12.8 Å². The average Bonchev–Trinajstić information content (AvgIpc) is 3.35. The van der Waals surface area contributed by atoms with Gasteiger partial charge in [0.15, 0.2) is 0 Å². The summed E-state index contributed by atoms with van der Waals surface area (Å²) in [5, 5.41) is 2.92. The number of benzene rings is 3. The van der Waals surface area contributed by atoms with Crippen LogP contribution in [0.1, 0.15) is 34.3 Å². The number of rotatable bonds is 6. The van der Waals surface area contributed by atoms with Gasteiger partial charge in [0.1, 0.15) is 0 Å². The molecule has 2 amide bonds. The molecule has 1 fully saturated rings. The van der Waals surface area contributed by atoms with Crippen LogP contribution in [0.2, 0.25) is 0 Å². The van der Waals surface area contributed by atoms with E-state index >= 15 is 0 Å². The summed E-state index contributed by atoms with van der Waals surface area (Å²) >= 11 is 0. The molecule has 0 aliphatic carbocycles. The Balaban J connectivity index is 1.43. The zero-order valence-electron chi connectivity index (χ0n) is 18.7. The third-order valence-corrected chi connectivity index (χ3v) is 6.02. The van der Waals surface area contributed by atoms with Crippen LogP contribution in [-0.4, -0.2) is 32.0 Å². The number of nitrogens with zero attached hydrogens (tertiary/aromatic N) is 2. The highest BCUT2D eigenvalue weighted by Gasteiger charge is 2.21. The van der Waals surface area contributed by atoms with E-state index in [2.05, 4.69) is 16.3 Å². The number of aryl methyl sites for hydroxylation is 1. The van der Waals surface area contributed by atoms with Gasteiger partial charge in [-0.3, -0.25) is 9.59 Å². The first-order valence-electron chi connectivity index (χ1n) is 11.1. The minimum Gasteiger partial charge on any atom is -0.370 e. The summed E-state index contributed by atoms with van der Waals surface area (Å²) in [6, 6.07) is 23.0. The first kappa shape index (κ1) is 21.6. The molecular formula is C27H29N3O2. The molecule has 1 saturated heterocycles. The number of carbonyl (C=O) groups is 2. The van der Waals surface area contributed by atoms with Gasteiger partial charge in [0.05, 0.1) is 17.8 Å². The second kappa shape index (κ2) is 9.69. The van der Waals surface area contributed by atoms with Gasteiger partial charge in [-0.2, -0.15) is 0 Å². The Morgan fingerprint density at radius 1 is 0.906 bits per heavy atom. The SMILES string of the molecule is Cc1ccccc1CC(=O)Nc1ccc(C(=O)N(C)c2ccccc2N2CCCC2)cc1. The van der Waals surface area contributed by atoms with E-state index in [9.17, 15) is 9.59 Å². The van der Waals surface area contributed by atoms with E-state index in [1.807, 2.05) is 56.4 Å². The van der Waals surface area contributed by atoms with Crippen molar-refractivity contribution in [2.45, 2.75) is 26.2 Å². The molecule has 0 atom stereocenters. The minimum atomic E-state index is -0.0746. The molecule has 4 rings (SSSR count). The van der Waals surface area contributed by atoms with Crippen molar-refractivity contribution < 1.29 is 9.59 Å². The Labute approximate surface area is 189 Å². The van der Waals surface area contributed by atoms with Crippen molar-refractivity contribution in [3.63, 3.8) is 0 Å². The fraction of sp³-hybridized carbons (Fsp3) is 0.259. The predicted octanol–water partition coefficient (Wildman–Crippen LogP) is 5.05. The van der Waals surface area contributed by atoms with Crippen molar-refractivity contribution >= 4 is 28.9 Å². The summed E-state index contributed by atoms with van der Waals surface area (Å²) in [7, 11) is 1.81. The Kier molecular flexibility index (Phi) is 6.55. The van der Waals surface area contributed by atoms with Gasteiger partial charge in [-0.25, -0.2) is 0 Å². The smallest absolute Gasteiger partial charge is 0.258 e. The summed E-state index contributed by atoms with van der Waals surface area (Å²) in [6.07, 6.45) is 2.69. The fourth-order valence-corrected chi connectivity index (χ4v) is 4.16. The second-order valence-electron chi connectivity index (χ2n) is 8.28. The van der Waals surface area contributed by atoms with Gasteiger partial charge in [-0.1, -0.05) is 36.4 Å². The van der Waals surface area contributed by atoms with Crippen LogP contribution in [0.3, 0.4) is 0 Å². The quantitative estimate of drug-likeness (QED) is 0.599. The molecule has 5 nitrogen and oxygen atoms in total. The molecule has 0 saturated carbocycles. The molecule has 0 bridgehead atoms. The normalized spacial score (nSPS) is 13.1. The third kappa shape index (κ3) is 4.83. The summed E-state index contributed by atoms with van der Waals surface area (Å²) in [5.41, 5.74) is 5.38. The first-order valence-corrected chi connectivity index (χ1v) is 11.1. The van der Waals surface area contributed by atoms with E-state index < -0.39 is 0 Å². The summed E-state index contributed by atoms with van der Waals surface area (Å²) in [5.74, 6) is -0.149. The van der Waals surface area contributed by atoms with Crippen LogP contribution < -0.4 is 15.1 Å². The van der Waals surface area contributed by atoms with Crippen LogP contribution in [0.4, 0.5) is 17.1 Å². The molecule has 1 heterocycles. The van der Waals surface area contributed by atoms with Gasteiger partial charge >= 0.3 is 0 Å². The largest absolute Gasteiger partial charge is 0.370 e. The van der Waals surface area contributed by atoms with E-state index in [1.54, 1.807) is 29.2 Å². The highest BCUT2D eigenvalue weighted by atomic mass is 16.2. The van der Waals surface area contributed by atoms with Crippen LogP contribution >= 0.6 is 0 Å². The van der Waals surface area contributed by atoms with Gasteiger partial charge in [0.25, 0.3) is 5.91 Å². The van der Waals surface area contributed by atoms with Crippen LogP contribution in [0.25, 0.3) is 0 Å². The minimum absolute atomic E-state index is 0.0740. The molecular weight excluding hydrogens is 398 g/mol. The van der Waals surface area contributed by atoms with E-state index in [0.717, 1.165) is 35.6 Å². The molecule has 0 unspecified atom stereocenters. The number of carbonyl (C=O) groups excluding carboxylic acids is 2. The molecule has 1 aliphatic rings. The number of amides is 2. The Morgan fingerprint density at radius 3 is 2.28 bits per heavy atom. The summed E-state index contributed by atoms with van der Waals surface area (Å²) in [6.45, 7) is 4.05. The lowest BCUT2D eigenvalue weighted by Gasteiger charge is -2.26. The standard InChI is InChI=1S/C27H29N3O2/c1-20-9-3-4-10-22(20)19-26(31)28-23-15-13-21(14-16-23)27(32)29(2)24-11-5-6-12-25(24)30-17-7-8-18-30/h3-6,9-16H,7-8,17-19H2,1-2H3,(H,28,31). The molecule has 0 spiro atoms. The van der Waals surface area contributed by atoms with Crippen LogP contribution in [0.15, 0.2) is 72.8 Å². The van der Waals surface area contributed by atoms with E-state index in [-0.39, 0.29) is 11.8 Å². The van der Waals surface area contributed by atoms with E-state index in [4.69, 9.17) is 0 Å². The molecule has 5 heteroatoms. The Morgan fingerprint density at radius 2 is 1.56 bits per heavy atom. The maximum Gasteiger partial charge on any atom is 0.258 e. The Bertz CT molecular complexity index is 1100. The molecule has 164 valence electrons. The Hall–Kier alpha value is -3.60. The zero-order valence-corrected chi connectivity index (χ0v) is 18.7. The van der Waals surface area contributed by atoms with Crippen LogP contribution in [0, 0.1) is 6.92 Å². The number of nitrogens with one attached hydrogen (secondary N) is 1. The zero-order chi connectivity index (χ0) is 22.5. The average molecular weight is 428 g/mol. The molecule has 3 aromatic carbocycles. The van der Waals surface area contributed by atoms with E-state index in [0.29, 0.717) is 17.7 Å². The monoisotopic (exact) mass is 427 g/mol. The predicted molar refractivity (Wildman–Crippen MR) is 131 cm³/mol. The highest BCUT2D eigenvalue weighted by Crippen LogP contribution is 2.31. The first-order chi connectivity index (χ1) is 15.5. The third-order valence-electron chi connectivity index (χ3n) is 6.02. The van der Waals surface area contributed by atoms with Crippen molar-refractivity contribution in [1.29, 1.82) is 0 Å². The summed E-state index contributed by atoms with van der Waals surface area (Å²) < 4.78 is 0. The molecule has 1 N–H and O–H groups in total. The van der Waals surface area contributed by atoms with Gasteiger partial charge in [0, 0.05) is 31.4 Å². The lowest BCUT2D eigenvalue weighted by atomic mass is 10.1. The lowest BCUT2D eigenvalue weighted by molar-refractivity contribution is -0.115. The fourth-order valence-electron chi connectivity index (χ4n) is 4.16. The topological polar surface area (TPSA) is 52.7 Å². The number of hydrogen-bond acceptors (Lipinski definition) is 3. The van der Waals surface area contributed by atoms with Crippen molar-refractivity contribution in [2.75, 3.05) is 35.3 Å². The molecule has 3 aromatic rings. The molecule has 32 heavy (non-hydrogen) atoms. The van der Waals surface area contributed by atoms with Crippen molar-refractivity contribution in [3.05, 3.63) is 89.5 Å².